The van der Waals surface area contributed by atoms with Crippen molar-refractivity contribution in [3.63, 3.8) is 0 Å². The molecule has 0 spiro atoms. The molecule has 1 aromatic carbocycles. The standard InChI is InChI=1S/C12H13BrF3NO3S/c13-7-10-8-17(5-6-20-10)9-1-3-11(4-2-9)21(18,19)12(14,15)16/h1-4,10H,5-8H2. The molecule has 1 atom stereocenters. The highest BCUT2D eigenvalue weighted by molar-refractivity contribution is 9.09. The Balaban J connectivity index is 2.20. The SMILES string of the molecule is O=S(=O)(c1ccc(N2CCOC(CBr)C2)cc1)C(F)(F)F. The van der Waals surface area contributed by atoms with Gasteiger partial charge in [-0.05, 0) is 24.3 Å². The molecule has 4 nitrogen and oxygen atoms in total. The average Bonchev–Trinajstić information content (AvgIpc) is 2.46. The Labute approximate surface area is 128 Å². The van der Waals surface area contributed by atoms with Gasteiger partial charge in [0.25, 0.3) is 9.84 Å². The zero-order valence-corrected chi connectivity index (χ0v) is 13.2. The Morgan fingerprint density at radius 2 is 1.90 bits per heavy atom. The molecule has 9 heteroatoms. The van der Waals surface area contributed by atoms with Crippen LogP contribution in [0, 0.1) is 0 Å². The summed E-state index contributed by atoms with van der Waals surface area (Å²) in [5, 5.41) is 0.657. The highest BCUT2D eigenvalue weighted by atomic mass is 79.9. The van der Waals surface area contributed by atoms with E-state index < -0.39 is 20.2 Å². The summed E-state index contributed by atoms with van der Waals surface area (Å²) in [6, 6.07) is 4.73. The van der Waals surface area contributed by atoms with E-state index in [1.165, 1.54) is 12.1 Å². The molecule has 2 rings (SSSR count). The van der Waals surface area contributed by atoms with Gasteiger partial charge in [-0.3, -0.25) is 0 Å². The zero-order valence-electron chi connectivity index (χ0n) is 10.8. The van der Waals surface area contributed by atoms with Crippen molar-refractivity contribution in [3.8, 4) is 0 Å². The number of alkyl halides is 4. The summed E-state index contributed by atoms with van der Waals surface area (Å²) in [5.41, 5.74) is -4.61. The fourth-order valence-corrected chi connectivity index (χ4v) is 3.17. The Bertz CT molecular complexity index is 589. The fraction of sp³-hybridized carbons (Fsp3) is 0.500. The first-order valence-electron chi connectivity index (χ1n) is 6.09. The lowest BCUT2D eigenvalue weighted by Crippen LogP contribution is -2.43. The van der Waals surface area contributed by atoms with E-state index in [4.69, 9.17) is 4.74 Å². The minimum atomic E-state index is -5.29. The van der Waals surface area contributed by atoms with Gasteiger partial charge in [0.05, 0.1) is 17.6 Å². The number of rotatable bonds is 3. The summed E-state index contributed by atoms with van der Waals surface area (Å²) in [6.07, 6.45) is -0.00247. The molecule has 0 radical (unpaired) electrons. The number of morpholine rings is 1. The normalized spacial score (nSPS) is 20.6. The smallest absolute Gasteiger partial charge is 0.374 e. The van der Waals surface area contributed by atoms with Crippen LogP contribution in [0.5, 0.6) is 0 Å². The van der Waals surface area contributed by atoms with Crippen molar-refractivity contribution in [3.05, 3.63) is 24.3 Å². The molecular weight excluding hydrogens is 375 g/mol. The van der Waals surface area contributed by atoms with Gasteiger partial charge < -0.3 is 9.64 Å². The molecule has 1 saturated heterocycles. The van der Waals surface area contributed by atoms with Crippen LogP contribution in [-0.2, 0) is 14.6 Å². The first-order valence-corrected chi connectivity index (χ1v) is 8.70. The van der Waals surface area contributed by atoms with Gasteiger partial charge in [-0.1, -0.05) is 15.9 Å². The number of hydrogen-bond donors (Lipinski definition) is 0. The second-order valence-electron chi connectivity index (χ2n) is 4.54. The maximum absolute atomic E-state index is 12.5. The largest absolute Gasteiger partial charge is 0.501 e. The topological polar surface area (TPSA) is 46.6 Å². The molecule has 0 aromatic heterocycles. The van der Waals surface area contributed by atoms with Crippen LogP contribution >= 0.6 is 15.9 Å². The molecule has 118 valence electrons. The van der Waals surface area contributed by atoms with Crippen LogP contribution in [0.25, 0.3) is 0 Å². The van der Waals surface area contributed by atoms with Crippen molar-refractivity contribution in [1.82, 2.24) is 0 Å². The van der Waals surface area contributed by atoms with Gasteiger partial charge in [0.2, 0.25) is 0 Å². The first-order chi connectivity index (χ1) is 9.75. The molecule has 0 bridgehead atoms. The summed E-state index contributed by atoms with van der Waals surface area (Å²) in [4.78, 5) is 1.20. The van der Waals surface area contributed by atoms with Crippen molar-refractivity contribution >= 4 is 31.5 Å². The molecule has 1 aliphatic rings. The van der Waals surface area contributed by atoms with Crippen molar-refractivity contribution in [2.45, 2.75) is 16.5 Å². The highest BCUT2D eigenvalue weighted by Crippen LogP contribution is 2.31. The van der Waals surface area contributed by atoms with Gasteiger partial charge in [0.1, 0.15) is 0 Å². The number of benzene rings is 1. The number of sulfone groups is 1. The third kappa shape index (κ3) is 3.51. The van der Waals surface area contributed by atoms with Gasteiger partial charge in [-0.2, -0.15) is 13.2 Å². The second kappa shape index (κ2) is 6.13. The minimum absolute atomic E-state index is 0.00247. The molecular formula is C12H13BrF3NO3S. The van der Waals surface area contributed by atoms with Gasteiger partial charge in [0, 0.05) is 24.1 Å². The van der Waals surface area contributed by atoms with E-state index in [0.717, 1.165) is 12.1 Å². The Morgan fingerprint density at radius 1 is 1.29 bits per heavy atom. The van der Waals surface area contributed by atoms with E-state index in [1.54, 1.807) is 0 Å². The molecule has 21 heavy (non-hydrogen) atoms. The number of ether oxygens (including phenoxy) is 1. The van der Waals surface area contributed by atoms with Crippen LogP contribution in [0.4, 0.5) is 18.9 Å². The van der Waals surface area contributed by atoms with E-state index in [9.17, 15) is 21.6 Å². The molecule has 1 fully saturated rings. The van der Waals surface area contributed by atoms with Gasteiger partial charge in [0.15, 0.2) is 0 Å². The van der Waals surface area contributed by atoms with Crippen LogP contribution in [0.1, 0.15) is 0 Å². The Kier molecular flexibility index (Phi) is 4.84. The first kappa shape index (κ1) is 16.6. The summed E-state index contributed by atoms with van der Waals surface area (Å²) in [6.45, 7) is 1.71. The maximum Gasteiger partial charge on any atom is 0.501 e. The van der Waals surface area contributed by atoms with Gasteiger partial charge in [-0.25, -0.2) is 8.42 Å². The summed E-state index contributed by atoms with van der Waals surface area (Å²) < 4.78 is 65.4. The Hall–Kier alpha value is -0.800. The fourth-order valence-electron chi connectivity index (χ4n) is 2.02. The van der Waals surface area contributed by atoms with Crippen LogP contribution in [0.3, 0.4) is 0 Å². The van der Waals surface area contributed by atoms with Crippen LogP contribution in [-0.4, -0.2) is 45.1 Å². The number of anilines is 1. The van der Waals surface area contributed by atoms with Gasteiger partial charge in [-0.15, -0.1) is 0 Å². The van der Waals surface area contributed by atoms with E-state index in [2.05, 4.69) is 15.9 Å². The molecule has 1 unspecified atom stereocenters. The molecule has 0 N–H and O–H groups in total. The molecule has 1 heterocycles. The summed E-state index contributed by atoms with van der Waals surface area (Å²) in [7, 11) is -5.29. The molecule has 0 amide bonds. The zero-order chi connectivity index (χ0) is 15.7. The number of nitrogens with zero attached hydrogens (tertiary/aromatic N) is 1. The molecule has 0 saturated carbocycles. The summed E-state index contributed by atoms with van der Waals surface area (Å²) in [5.74, 6) is 0. The highest BCUT2D eigenvalue weighted by Gasteiger charge is 2.46. The maximum atomic E-state index is 12.5. The van der Waals surface area contributed by atoms with Crippen LogP contribution < -0.4 is 4.90 Å². The second-order valence-corrected chi connectivity index (χ2v) is 7.12. The van der Waals surface area contributed by atoms with E-state index in [1.807, 2.05) is 4.90 Å². The minimum Gasteiger partial charge on any atom is -0.374 e. The van der Waals surface area contributed by atoms with Crippen molar-refractivity contribution in [2.24, 2.45) is 0 Å². The van der Waals surface area contributed by atoms with Crippen molar-refractivity contribution in [2.75, 3.05) is 29.9 Å². The monoisotopic (exact) mass is 387 g/mol. The van der Waals surface area contributed by atoms with Gasteiger partial charge >= 0.3 is 5.51 Å². The average molecular weight is 388 g/mol. The number of hydrogen-bond acceptors (Lipinski definition) is 4. The van der Waals surface area contributed by atoms with Crippen LogP contribution in [0.2, 0.25) is 0 Å². The lowest BCUT2D eigenvalue weighted by molar-refractivity contribution is -0.0436. The summed E-state index contributed by atoms with van der Waals surface area (Å²) >= 11 is 3.31. The quantitative estimate of drug-likeness (QED) is 0.747. The third-order valence-electron chi connectivity index (χ3n) is 3.13. The van der Waals surface area contributed by atoms with E-state index in [-0.39, 0.29) is 6.10 Å². The van der Waals surface area contributed by atoms with Crippen LogP contribution in [0.15, 0.2) is 29.2 Å². The third-order valence-corrected chi connectivity index (χ3v) is 5.35. The lowest BCUT2D eigenvalue weighted by Gasteiger charge is -2.33. The molecule has 1 aliphatic heterocycles. The predicted octanol–water partition coefficient (Wildman–Crippen LogP) is 2.58. The Morgan fingerprint density at radius 3 is 2.43 bits per heavy atom. The molecule has 0 aliphatic carbocycles. The van der Waals surface area contributed by atoms with E-state index >= 15 is 0 Å². The predicted molar refractivity (Wildman–Crippen MR) is 75.4 cm³/mol. The van der Waals surface area contributed by atoms with E-state index in [0.29, 0.717) is 30.7 Å². The van der Waals surface area contributed by atoms with Crippen molar-refractivity contribution in [1.29, 1.82) is 0 Å². The lowest BCUT2D eigenvalue weighted by atomic mass is 10.2. The number of halogens is 4. The molecule has 1 aromatic rings. The van der Waals surface area contributed by atoms with Crippen molar-refractivity contribution < 1.29 is 26.3 Å².